The summed E-state index contributed by atoms with van der Waals surface area (Å²) >= 11 is 0. The molecule has 2 unspecified atom stereocenters. The predicted octanol–water partition coefficient (Wildman–Crippen LogP) is 4.42. The van der Waals surface area contributed by atoms with Gasteiger partial charge in [-0.3, -0.25) is 9.59 Å². The van der Waals surface area contributed by atoms with E-state index in [1.165, 1.54) is 24.3 Å². The third-order valence-electron chi connectivity index (χ3n) is 6.41. The fourth-order valence-corrected chi connectivity index (χ4v) is 4.64. The van der Waals surface area contributed by atoms with Crippen molar-refractivity contribution in [3.05, 3.63) is 52.8 Å². The molecule has 2 aliphatic heterocycles. The van der Waals surface area contributed by atoms with Gasteiger partial charge in [-0.15, -0.1) is 13.2 Å². The van der Waals surface area contributed by atoms with Crippen LogP contribution in [0.3, 0.4) is 0 Å². The van der Waals surface area contributed by atoms with E-state index in [0.717, 1.165) is 12.8 Å². The van der Waals surface area contributed by atoms with Gasteiger partial charge in [-0.05, 0) is 49.9 Å². The first-order valence-electron chi connectivity index (χ1n) is 11.5. The zero-order valence-electron chi connectivity index (χ0n) is 19.2. The lowest BCUT2D eigenvalue weighted by molar-refractivity contribution is -0.274. The van der Waals surface area contributed by atoms with Crippen molar-refractivity contribution in [3.8, 4) is 5.75 Å². The molecule has 1 N–H and O–H groups in total. The Morgan fingerprint density at radius 3 is 2.59 bits per heavy atom. The van der Waals surface area contributed by atoms with Gasteiger partial charge in [0.05, 0.1) is 30.5 Å². The van der Waals surface area contributed by atoms with Crippen molar-refractivity contribution in [2.24, 2.45) is 0 Å². The molecule has 1 aromatic carbocycles. The topological polar surface area (TPSA) is 72.8 Å². The van der Waals surface area contributed by atoms with Crippen molar-refractivity contribution in [3.63, 3.8) is 0 Å². The molecule has 2 aromatic rings. The van der Waals surface area contributed by atoms with Crippen molar-refractivity contribution in [1.82, 2.24) is 14.8 Å². The molecular weight excluding hydrogens is 451 g/mol. The molecule has 1 fully saturated rings. The number of carbonyl (C=O) groups is 2. The van der Waals surface area contributed by atoms with Crippen LogP contribution in [-0.2, 0) is 17.9 Å². The highest BCUT2D eigenvalue weighted by Gasteiger charge is 2.33. The number of amides is 2. The molecule has 34 heavy (non-hydrogen) atoms. The van der Waals surface area contributed by atoms with E-state index in [-0.39, 0.29) is 30.2 Å². The predicted molar refractivity (Wildman–Crippen MR) is 117 cm³/mol. The monoisotopic (exact) mass is 479 g/mol. The number of benzene rings is 1. The van der Waals surface area contributed by atoms with Crippen LogP contribution >= 0.6 is 0 Å². The number of ether oxygens (including phenoxy) is 2. The molecule has 3 heterocycles. The quantitative estimate of drug-likeness (QED) is 0.666. The van der Waals surface area contributed by atoms with Crippen LogP contribution in [0.15, 0.2) is 30.3 Å². The average Bonchev–Trinajstić information content (AvgIpc) is 3.40. The van der Waals surface area contributed by atoms with Crippen LogP contribution < -0.4 is 10.1 Å². The summed E-state index contributed by atoms with van der Waals surface area (Å²) in [6.45, 7) is 5.77. The minimum atomic E-state index is -4.77. The van der Waals surface area contributed by atoms with Gasteiger partial charge in [0.2, 0.25) is 0 Å². The Balaban J connectivity index is 1.55. The first-order valence-corrected chi connectivity index (χ1v) is 11.5. The van der Waals surface area contributed by atoms with Gasteiger partial charge in [0.25, 0.3) is 11.8 Å². The number of fused-ring (bicyclic) bond motifs is 1. The molecule has 0 aliphatic carbocycles. The van der Waals surface area contributed by atoms with E-state index in [2.05, 4.69) is 10.1 Å². The molecule has 4 rings (SSSR count). The number of rotatable bonds is 6. The van der Waals surface area contributed by atoms with Gasteiger partial charge in [0.15, 0.2) is 0 Å². The number of hydrogen-bond donors (Lipinski definition) is 1. The van der Waals surface area contributed by atoms with Crippen molar-refractivity contribution < 1.29 is 32.2 Å². The Labute approximate surface area is 195 Å². The second-order valence-electron chi connectivity index (χ2n) is 8.64. The Bertz CT molecular complexity index is 1050. The number of likely N-dealkylation sites (tertiary alicyclic amines) is 1. The molecule has 0 saturated carbocycles. The van der Waals surface area contributed by atoms with E-state index in [1.807, 2.05) is 23.3 Å². The summed E-state index contributed by atoms with van der Waals surface area (Å²) in [5, 5.41) is 2.95. The molecule has 10 heteroatoms. The maximum atomic E-state index is 13.3. The molecule has 184 valence electrons. The number of carbonyl (C=O) groups excluding carboxylic acids is 2. The zero-order valence-corrected chi connectivity index (χ0v) is 19.2. The van der Waals surface area contributed by atoms with Gasteiger partial charge in [-0.2, -0.15) is 0 Å². The zero-order chi connectivity index (χ0) is 24.5. The highest BCUT2D eigenvalue weighted by Crippen LogP contribution is 2.28. The summed E-state index contributed by atoms with van der Waals surface area (Å²) in [6.07, 6.45) is -2.32. The molecule has 2 atom stereocenters. The Hall–Kier alpha value is -3.01. The van der Waals surface area contributed by atoms with Crippen LogP contribution in [0.25, 0.3) is 0 Å². The Morgan fingerprint density at radius 1 is 1.24 bits per heavy atom. The summed E-state index contributed by atoms with van der Waals surface area (Å²) in [5.41, 5.74) is 2.17. The van der Waals surface area contributed by atoms with Crippen molar-refractivity contribution in [2.75, 3.05) is 13.2 Å². The number of alkyl halides is 3. The standard InChI is InChI=1S/C24H28F3N3O4/c1-3-19(16-6-8-17(9-7-16)34-24(25,26)27)28-22(31)18-13-20(30-11-12-33-14-21(18)30)23(32)29-10-4-5-15(29)2/h6-9,13,15,19H,3-5,10-12,14H2,1-2H3,(H,28,31). The summed E-state index contributed by atoms with van der Waals surface area (Å²) in [7, 11) is 0. The number of halogens is 3. The fourth-order valence-electron chi connectivity index (χ4n) is 4.64. The lowest BCUT2D eigenvalue weighted by Gasteiger charge is -2.24. The Morgan fingerprint density at radius 2 is 1.97 bits per heavy atom. The third-order valence-corrected chi connectivity index (χ3v) is 6.41. The number of aromatic nitrogens is 1. The van der Waals surface area contributed by atoms with Crippen LogP contribution in [0.5, 0.6) is 5.75 Å². The number of nitrogens with one attached hydrogen (secondary N) is 1. The van der Waals surface area contributed by atoms with Crippen LogP contribution in [0, 0.1) is 0 Å². The largest absolute Gasteiger partial charge is 0.573 e. The molecule has 0 radical (unpaired) electrons. The van der Waals surface area contributed by atoms with E-state index in [1.54, 1.807) is 6.07 Å². The highest BCUT2D eigenvalue weighted by atomic mass is 19.4. The summed E-state index contributed by atoms with van der Waals surface area (Å²) in [6, 6.07) is 6.81. The van der Waals surface area contributed by atoms with Gasteiger partial charge in [-0.1, -0.05) is 19.1 Å². The normalized spacial score (nSPS) is 19.0. The minimum Gasteiger partial charge on any atom is -0.406 e. The SMILES string of the molecule is CCC(NC(=O)c1cc(C(=O)N2CCCC2C)n2c1COCC2)c1ccc(OC(F)(F)F)cc1. The van der Waals surface area contributed by atoms with Gasteiger partial charge in [0.1, 0.15) is 11.4 Å². The summed E-state index contributed by atoms with van der Waals surface area (Å²) in [5.74, 6) is -0.764. The highest BCUT2D eigenvalue weighted by molar-refractivity contribution is 6.01. The first-order chi connectivity index (χ1) is 16.2. The first kappa shape index (κ1) is 24.1. The molecule has 2 amide bonds. The van der Waals surface area contributed by atoms with E-state index in [4.69, 9.17) is 4.74 Å². The van der Waals surface area contributed by atoms with Crippen molar-refractivity contribution >= 4 is 11.8 Å². The number of hydrogen-bond acceptors (Lipinski definition) is 4. The molecule has 0 bridgehead atoms. The lowest BCUT2D eigenvalue weighted by atomic mass is 10.0. The van der Waals surface area contributed by atoms with Crippen molar-refractivity contribution in [1.29, 1.82) is 0 Å². The molecule has 7 nitrogen and oxygen atoms in total. The van der Waals surface area contributed by atoms with Crippen LogP contribution in [0.1, 0.15) is 71.3 Å². The maximum Gasteiger partial charge on any atom is 0.573 e. The molecule has 2 aliphatic rings. The molecule has 0 spiro atoms. The van der Waals surface area contributed by atoms with E-state index in [0.29, 0.717) is 48.6 Å². The van der Waals surface area contributed by atoms with Gasteiger partial charge < -0.3 is 24.3 Å². The summed E-state index contributed by atoms with van der Waals surface area (Å²) < 4.78 is 48.6. The van der Waals surface area contributed by atoms with Crippen LogP contribution in [0.2, 0.25) is 0 Å². The molecular formula is C24H28F3N3O4. The molecule has 1 saturated heterocycles. The number of nitrogens with zero attached hydrogens (tertiary/aromatic N) is 2. The van der Waals surface area contributed by atoms with E-state index < -0.39 is 12.4 Å². The van der Waals surface area contributed by atoms with Gasteiger partial charge in [0, 0.05) is 19.1 Å². The van der Waals surface area contributed by atoms with Gasteiger partial charge in [-0.25, -0.2) is 0 Å². The smallest absolute Gasteiger partial charge is 0.406 e. The maximum absolute atomic E-state index is 13.3. The fraction of sp³-hybridized carbons (Fsp3) is 0.500. The van der Waals surface area contributed by atoms with Crippen LogP contribution in [-0.4, -0.2) is 46.8 Å². The average molecular weight is 479 g/mol. The van der Waals surface area contributed by atoms with Crippen molar-refractivity contribution in [2.45, 2.75) is 64.7 Å². The summed E-state index contributed by atoms with van der Waals surface area (Å²) in [4.78, 5) is 28.3. The second-order valence-corrected chi connectivity index (χ2v) is 8.64. The van der Waals surface area contributed by atoms with Gasteiger partial charge >= 0.3 is 6.36 Å². The van der Waals surface area contributed by atoms with E-state index in [9.17, 15) is 22.8 Å². The Kier molecular flexibility index (Phi) is 6.88. The lowest BCUT2D eigenvalue weighted by Crippen LogP contribution is -2.35. The van der Waals surface area contributed by atoms with E-state index >= 15 is 0 Å². The second kappa shape index (κ2) is 9.69. The molecule has 1 aromatic heterocycles. The third kappa shape index (κ3) is 5.06. The minimum absolute atomic E-state index is 0.0838. The van der Waals surface area contributed by atoms with Crippen LogP contribution in [0.4, 0.5) is 13.2 Å².